The number of hydrogen-bond donors (Lipinski definition) is 1. The van der Waals surface area contributed by atoms with Crippen molar-refractivity contribution in [2.24, 2.45) is 5.73 Å². The second-order valence-corrected chi connectivity index (χ2v) is 7.17. The van der Waals surface area contributed by atoms with Crippen molar-refractivity contribution in [2.45, 2.75) is 18.9 Å². The lowest BCUT2D eigenvalue weighted by atomic mass is 10.0. The fourth-order valence-electron chi connectivity index (χ4n) is 3.43. The molecular formula is C20H21F3N4O3. The Morgan fingerprint density at radius 1 is 1.03 bits per heavy atom. The first-order valence-corrected chi connectivity index (χ1v) is 9.40. The molecule has 0 aromatic heterocycles. The number of anilines is 1. The molecule has 3 rings (SSSR count). The molecule has 1 amide bonds. The maximum Gasteiger partial charge on any atom is 0.269 e. The summed E-state index contributed by atoms with van der Waals surface area (Å²) in [5.41, 5.74) is 6.70. The van der Waals surface area contributed by atoms with E-state index in [1.165, 1.54) is 12.1 Å². The lowest BCUT2D eigenvalue weighted by molar-refractivity contribution is -0.384. The van der Waals surface area contributed by atoms with Crippen LogP contribution >= 0.6 is 0 Å². The van der Waals surface area contributed by atoms with Gasteiger partial charge in [0.2, 0.25) is 5.91 Å². The summed E-state index contributed by atoms with van der Waals surface area (Å²) < 4.78 is 40.1. The molecule has 2 N–H and O–H groups in total. The highest BCUT2D eigenvalue weighted by molar-refractivity contribution is 5.77. The van der Waals surface area contributed by atoms with Gasteiger partial charge < -0.3 is 15.5 Å². The van der Waals surface area contributed by atoms with Gasteiger partial charge in [-0.2, -0.15) is 0 Å². The highest BCUT2D eigenvalue weighted by atomic mass is 19.2. The maximum atomic E-state index is 13.8. The number of benzene rings is 2. The molecule has 2 aromatic rings. The molecule has 1 heterocycles. The van der Waals surface area contributed by atoms with Gasteiger partial charge >= 0.3 is 0 Å². The topological polar surface area (TPSA) is 92.7 Å². The van der Waals surface area contributed by atoms with Gasteiger partial charge in [-0.15, -0.1) is 0 Å². The molecule has 30 heavy (non-hydrogen) atoms. The van der Waals surface area contributed by atoms with E-state index in [4.69, 9.17) is 5.73 Å². The maximum absolute atomic E-state index is 13.8. The van der Waals surface area contributed by atoms with Crippen molar-refractivity contribution in [3.8, 4) is 0 Å². The number of halogens is 3. The number of piperazine rings is 1. The van der Waals surface area contributed by atoms with Gasteiger partial charge in [0.1, 0.15) is 5.82 Å². The number of carbonyl (C=O) groups is 1. The van der Waals surface area contributed by atoms with Crippen LogP contribution in [0.25, 0.3) is 0 Å². The number of nitro benzene ring substituents is 1. The molecule has 1 fully saturated rings. The highest BCUT2D eigenvalue weighted by Gasteiger charge is 2.24. The van der Waals surface area contributed by atoms with E-state index in [1.807, 2.05) is 4.90 Å². The van der Waals surface area contributed by atoms with Gasteiger partial charge in [-0.25, -0.2) is 13.2 Å². The van der Waals surface area contributed by atoms with Crippen molar-refractivity contribution in [1.29, 1.82) is 0 Å². The first-order valence-electron chi connectivity index (χ1n) is 9.40. The second kappa shape index (κ2) is 9.12. The SMILES string of the molecule is N[C@@H](CC(=O)N1CCN(c2ccc([N+](=O)[O-])cc2)CC1)Cc1cc(F)c(F)cc1F. The molecule has 2 aromatic carbocycles. The summed E-state index contributed by atoms with van der Waals surface area (Å²) in [6, 6.07) is 6.70. The van der Waals surface area contributed by atoms with Gasteiger partial charge in [-0.05, 0) is 30.2 Å². The number of hydrogen-bond acceptors (Lipinski definition) is 5. The van der Waals surface area contributed by atoms with Gasteiger partial charge in [0.05, 0.1) is 4.92 Å². The number of carbonyl (C=O) groups excluding carboxylic acids is 1. The zero-order valence-corrected chi connectivity index (χ0v) is 16.1. The summed E-state index contributed by atoms with van der Waals surface area (Å²) >= 11 is 0. The van der Waals surface area contributed by atoms with E-state index in [9.17, 15) is 28.1 Å². The number of nitrogens with two attached hydrogens (primary N) is 1. The van der Waals surface area contributed by atoms with E-state index < -0.39 is 28.4 Å². The van der Waals surface area contributed by atoms with E-state index in [-0.39, 0.29) is 30.0 Å². The normalized spacial score (nSPS) is 15.2. The summed E-state index contributed by atoms with van der Waals surface area (Å²) in [6.07, 6.45) is -0.131. The van der Waals surface area contributed by atoms with Crippen LogP contribution in [0, 0.1) is 27.6 Å². The third-order valence-electron chi connectivity index (χ3n) is 5.07. The summed E-state index contributed by atoms with van der Waals surface area (Å²) in [5.74, 6) is -3.53. The van der Waals surface area contributed by atoms with Gasteiger partial charge in [0.25, 0.3) is 5.69 Å². The highest BCUT2D eigenvalue weighted by Crippen LogP contribution is 2.21. The third kappa shape index (κ3) is 5.07. The Labute approximate surface area is 171 Å². The van der Waals surface area contributed by atoms with Crippen LogP contribution in [0.2, 0.25) is 0 Å². The predicted molar refractivity (Wildman–Crippen MR) is 105 cm³/mol. The van der Waals surface area contributed by atoms with Crippen LogP contribution in [-0.4, -0.2) is 48.0 Å². The van der Waals surface area contributed by atoms with Crippen molar-refractivity contribution in [2.75, 3.05) is 31.1 Å². The Balaban J connectivity index is 1.51. The predicted octanol–water partition coefficient (Wildman–Crippen LogP) is 2.62. The molecule has 0 radical (unpaired) electrons. The Kier molecular flexibility index (Phi) is 6.56. The minimum atomic E-state index is -1.27. The number of non-ortho nitro benzene ring substituents is 1. The van der Waals surface area contributed by atoms with E-state index >= 15 is 0 Å². The zero-order chi connectivity index (χ0) is 21.8. The summed E-state index contributed by atoms with van der Waals surface area (Å²) in [6.45, 7) is 2.00. The van der Waals surface area contributed by atoms with Gasteiger partial charge in [0.15, 0.2) is 11.6 Å². The molecule has 1 atom stereocenters. The molecule has 1 saturated heterocycles. The fourth-order valence-corrected chi connectivity index (χ4v) is 3.43. The van der Waals surface area contributed by atoms with Crippen LogP contribution < -0.4 is 10.6 Å². The molecule has 7 nitrogen and oxygen atoms in total. The molecule has 1 aliphatic rings. The van der Waals surface area contributed by atoms with Crippen molar-refractivity contribution in [3.05, 3.63) is 69.5 Å². The van der Waals surface area contributed by atoms with Crippen LogP contribution in [0.4, 0.5) is 24.5 Å². The van der Waals surface area contributed by atoms with E-state index in [0.717, 1.165) is 11.8 Å². The fraction of sp³-hybridized carbons (Fsp3) is 0.350. The molecule has 0 saturated carbocycles. The molecule has 1 aliphatic heterocycles. The summed E-state index contributed by atoms with van der Waals surface area (Å²) in [5, 5.41) is 10.7. The quantitative estimate of drug-likeness (QED) is 0.439. The lowest BCUT2D eigenvalue weighted by Crippen LogP contribution is -2.49. The van der Waals surface area contributed by atoms with Crippen molar-refractivity contribution in [3.63, 3.8) is 0 Å². The first kappa shape index (κ1) is 21.6. The number of nitro groups is 1. The van der Waals surface area contributed by atoms with E-state index in [1.54, 1.807) is 17.0 Å². The largest absolute Gasteiger partial charge is 0.368 e. The van der Waals surface area contributed by atoms with Crippen LogP contribution in [0.5, 0.6) is 0 Å². The van der Waals surface area contributed by atoms with E-state index in [0.29, 0.717) is 32.2 Å². The monoisotopic (exact) mass is 422 g/mol. The van der Waals surface area contributed by atoms with Gasteiger partial charge in [0, 0.05) is 62.5 Å². The summed E-state index contributed by atoms with van der Waals surface area (Å²) in [7, 11) is 0. The number of amides is 1. The van der Waals surface area contributed by atoms with Crippen molar-refractivity contribution in [1.82, 2.24) is 4.90 Å². The van der Waals surface area contributed by atoms with Crippen LogP contribution in [0.15, 0.2) is 36.4 Å². The minimum absolute atomic E-state index is 0.0130. The standard InChI is InChI=1S/C20H21F3N4O3/c21-17-12-19(23)18(22)10-13(17)9-14(24)11-20(28)26-7-5-25(6-8-26)15-1-3-16(4-2-15)27(29)30/h1-4,10,12,14H,5-9,11,24H2/t14-/m1/s1. The second-order valence-electron chi connectivity index (χ2n) is 7.17. The van der Waals surface area contributed by atoms with Crippen LogP contribution in [0.1, 0.15) is 12.0 Å². The average Bonchev–Trinajstić information content (AvgIpc) is 2.72. The summed E-state index contributed by atoms with van der Waals surface area (Å²) in [4.78, 5) is 26.4. The minimum Gasteiger partial charge on any atom is -0.368 e. The molecule has 0 bridgehead atoms. The van der Waals surface area contributed by atoms with Crippen LogP contribution in [0.3, 0.4) is 0 Å². The molecule has 0 aliphatic carbocycles. The Morgan fingerprint density at radius 2 is 1.63 bits per heavy atom. The van der Waals surface area contributed by atoms with E-state index in [2.05, 4.69) is 0 Å². The molecule has 0 unspecified atom stereocenters. The molecule has 10 heteroatoms. The molecule has 160 valence electrons. The van der Waals surface area contributed by atoms with Crippen molar-refractivity contribution >= 4 is 17.3 Å². The third-order valence-corrected chi connectivity index (χ3v) is 5.07. The Bertz CT molecular complexity index is 932. The molecule has 0 spiro atoms. The Morgan fingerprint density at radius 3 is 2.23 bits per heavy atom. The van der Waals surface area contributed by atoms with Gasteiger partial charge in [-0.3, -0.25) is 14.9 Å². The zero-order valence-electron chi connectivity index (χ0n) is 16.1. The number of rotatable bonds is 6. The van der Waals surface area contributed by atoms with Crippen molar-refractivity contribution < 1.29 is 22.9 Å². The number of nitrogens with zero attached hydrogens (tertiary/aromatic N) is 3. The lowest BCUT2D eigenvalue weighted by Gasteiger charge is -2.36. The molecular weight excluding hydrogens is 401 g/mol. The smallest absolute Gasteiger partial charge is 0.269 e. The average molecular weight is 422 g/mol. The first-order chi connectivity index (χ1) is 14.2. The van der Waals surface area contributed by atoms with Crippen LogP contribution in [-0.2, 0) is 11.2 Å². The Hall–Kier alpha value is -3.14. The van der Waals surface area contributed by atoms with Gasteiger partial charge in [-0.1, -0.05) is 0 Å².